The van der Waals surface area contributed by atoms with Crippen molar-refractivity contribution in [3.63, 3.8) is 0 Å². The summed E-state index contributed by atoms with van der Waals surface area (Å²) in [6, 6.07) is 7.28. The number of carbonyl (C=O) groups is 2. The minimum atomic E-state index is -0.631. The lowest BCUT2D eigenvalue weighted by Crippen LogP contribution is -2.51. The summed E-state index contributed by atoms with van der Waals surface area (Å²) in [6.07, 6.45) is 1.93. The number of carbonyl (C=O) groups excluding carboxylic acids is 2. The van der Waals surface area contributed by atoms with Crippen molar-refractivity contribution in [1.29, 1.82) is 0 Å². The number of para-hydroxylation sites is 1. The number of nitrogens with zero attached hydrogens (tertiary/aromatic N) is 1. The first kappa shape index (κ1) is 19.5. The standard InChI is InChI=1S/C17H25N3O2.ClH/c1-17(2,3)15(18)16(22)19-11-14(21)20-10-6-8-12-7-4-5-9-13(12)20;/h4-5,7,9,15H,6,8,10-11,18H2,1-3H3,(H,19,22);1H/t15-;/m1./s1. The number of anilines is 1. The molecular formula is C17H26ClN3O2. The van der Waals surface area contributed by atoms with Crippen molar-refractivity contribution in [3.8, 4) is 0 Å². The van der Waals surface area contributed by atoms with Crippen LogP contribution in [0.5, 0.6) is 0 Å². The Hall–Kier alpha value is -1.59. The van der Waals surface area contributed by atoms with Crippen LogP contribution in [0.4, 0.5) is 5.69 Å². The fraction of sp³-hybridized carbons (Fsp3) is 0.529. The molecule has 1 aliphatic rings. The highest BCUT2D eigenvalue weighted by Gasteiger charge is 2.28. The van der Waals surface area contributed by atoms with E-state index in [4.69, 9.17) is 5.73 Å². The third-order valence-electron chi connectivity index (χ3n) is 4.04. The molecule has 1 heterocycles. The number of fused-ring (bicyclic) bond motifs is 1. The molecule has 1 aliphatic heterocycles. The number of halogens is 1. The topological polar surface area (TPSA) is 75.4 Å². The molecule has 0 aromatic heterocycles. The number of amides is 2. The van der Waals surface area contributed by atoms with Crippen LogP contribution in [0.15, 0.2) is 24.3 Å². The van der Waals surface area contributed by atoms with Gasteiger partial charge >= 0.3 is 0 Å². The van der Waals surface area contributed by atoms with Gasteiger partial charge in [-0.05, 0) is 29.9 Å². The zero-order chi connectivity index (χ0) is 16.3. The van der Waals surface area contributed by atoms with Crippen LogP contribution in [0.1, 0.15) is 32.8 Å². The molecule has 1 atom stereocenters. The third kappa shape index (κ3) is 4.69. The highest BCUT2D eigenvalue weighted by molar-refractivity contribution is 5.98. The average Bonchev–Trinajstić information content (AvgIpc) is 2.50. The Morgan fingerprint density at radius 2 is 1.96 bits per heavy atom. The molecule has 0 aliphatic carbocycles. The minimum absolute atomic E-state index is 0. The van der Waals surface area contributed by atoms with Crippen LogP contribution in [0.25, 0.3) is 0 Å². The highest BCUT2D eigenvalue weighted by atomic mass is 35.5. The maximum atomic E-state index is 12.4. The van der Waals surface area contributed by atoms with Crippen LogP contribution >= 0.6 is 12.4 Å². The van der Waals surface area contributed by atoms with E-state index in [1.54, 1.807) is 4.90 Å². The van der Waals surface area contributed by atoms with E-state index in [-0.39, 0.29) is 36.2 Å². The number of aryl methyl sites for hydroxylation is 1. The largest absolute Gasteiger partial charge is 0.346 e. The molecule has 5 nitrogen and oxygen atoms in total. The molecule has 2 rings (SSSR count). The van der Waals surface area contributed by atoms with E-state index in [9.17, 15) is 9.59 Å². The van der Waals surface area contributed by atoms with Crippen LogP contribution in [0, 0.1) is 5.41 Å². The number of benzene rings is 1. The summed E-state index contributed by atoms with van der Waals surface area (Å²) in [5, 5.41) is 2.66. The Morgan fingerprint density at radius 1 is 1.30 bits per heavy atom. The summed E-state index contributed by atoms with van der Waals surface area (Å²) in [6.45, 7) is 6.38. The molecule has 0 fully saturated rings. The van der Waals surface area contributed by atoms with Crippen LogP contribution < -0.4 is 16.0 Å². The summed E-state index contributed by atoms with van der Waals surface area (Å²) < 4.78 is 0. The maximum Gasteiger partial charge on any atom is 0.246 e. The van der Waals surface area contributed by atoms with Gasteiger partial charge in [-0.3, -0.25) is 9.59 Å². The molecule has 2 amide bonds. The number of hydrogen-bond donors (Lipinski definition) is 2. The Kier molecular flexibility index (Phi) is 6.59. The summed E-state index contributed by atoms with van der Waals surface area (Å²) >= 11 is 0. The first-order chi connectivity index (χ1) is 10.3. The molecule has 0 saturated carbocycles. The summed E-state index contributed by atoms with van der Waals surface area (Å²) in [5.74, 6) is -0.382. The quantitative estimate of drug-likeness (QED) is 0.882. The van der Waals surface area contributed by atoms with Crippen molar-refractivity contribution in [2.24, 2.45) is 11.1 Å². The van der Waals surface area contributed by atoms with Crippen LogP contribution in [-0.2, 0) is 16.0 Å². The van der Waals surface area contributed by atoms with Crippen molar-refractivity contribution in [2.45, 2.75) is 39.7 Å². The zero-order valence-electron chi connectivity index (χ0n) is 14.0. The van der Waals surface area contributed by atoms with Crippen LogP contribution in [0.2, 0.25) is 0 Å². The molecule has 1 aromatic carbocycles. The Morgan fingerprint density at radius 3 is 2.61 bits per heavy atom. The van der Waals surface area contributed by atoms with Gasteiger partial charge in [0.2, 0.25) is 11.8 Å². The molecule has 0 unspecified atom stereocenters. The molecule has 1 aromatic rings. The predicted octanol–water partition coefficient (Wildman–Crippen LogP) is 1.88. The van der Waals surface area contributed by atoms with E-state index < -0.39 is 6.04 Å². The fourth-order valence-electron chi connectivity index (χ4n) is 2.55. The van der Waals surface area contributed by atoms with Crippen molar-refractivity contribution in [1.82, 2.24) is 5.32 Å². The predicted molar refractivity (Wildman–Crippen MR) is 94.8 cm³/mol. The molecule has 128 valence electrons. The van der Waals surface area contributed by atoms with E-state index in [0.717, 1.165) is 18.5 Å². The van der Waals surface area contributed by atoms with Gasteiger partial charge < -0.3 is 16.0 Å². The van der Waals surface area contributed by atoms with Crippen molar-refractivity contribution >= 4 is 29.9 Å². The Balaban J connectivity index is 0.00000264. The Bertz CT molecular complexity index is 569. The highest BCUT2D eigenvalue weighted by Crippen LogP contribution is 2.26. The molecule has 0 radical (unpaired) electrons. The lowest BCUT2D eigenvalue weighted by molar-refractivity contribution is -0.127. The van der Waals surface area contributed by atoms with Gasteiger partial charge in [-0.25, -0.2) is 0 Å². The smallest absolute Gasteiger partial charge is 0.246 e. The molecule has 6 heteroatoms. The molecule has 0 spiro atoms. The molecule has 3 N–H and O–H groups in total. The van der Waals surface area contributed by atoms with Crippen LogP contribution in [-0.4, -0.2) is 30.9 Å². The second kappa shape index (κ2) is 7.79. The second-order valence-corrected chi connectivity index (χ2v) is 6.84. The van der Waals surface area contributed by atoms with Gasteiger partial charge in [0.15, 0.2) is 0 Å². The molecule has 23 heavy (non-hydrogen) atoms. The number of nitrogens with one attached hydrogen (secondary N) is 1. The summed E-state index contributed by atoms with van der Waals surface area (Å²) in [5.41, 5.74) is 7.70. The average molecular weight is 340 g/mol. The fourth-order valence-corrected chi connectivity index (χ4v) is 2.55. The first-order valence-electron chi connectivity index (χ1n) is 7.72. The second-order valence-electron chi connectivity index (χ2n) is 6.84. The van der Waals surface area contributed by atoms with E-state index in [1.165, 1.54) is 5.56 Å². The van der Waals surface area contributed by atoms with E-state index in [2.05, 4.69) is 5.32 Å². The van der Waals surface area contributed by atoms with Gasteiger partial charge in [0.05, 0.1) is 12.6 Å². The van der Waals surface area contributed by atoms with E-state index in [1.807, 2.05) is 45.0 Å². The van der Waals surface area contributed by atoms with Gasteiger partial charge in [0.25, 0.3) is 0 Å². The Labute approximate surface area is 144 Å². The normalized spacial score (nSPS) is 15.2. The van der Waals surface area contributed by atoms with Gasteiger partial charge in [0, 0.05) is 12.2 Å². The third-order valence-corrected chi connectivity index (χ3v) is 4.04. The van der Waals surface area contributed by atoms with Crippen molar-refractivity contribution < 1.29 is 9.59 Å². The van der Waals surface area contributed by atoms with Crippen LogP contribution in [0.3, 0.4) is 0 Å². The van der Waals surface area contributed by atoms with Gasteiger partial charge in [-0.1, -0.05) is 39.0 Å². The zero-order valence-corrected chi connectivity index (χ0v) is 14.8. The minimum Gasteiger partial charge on any atom is -0.346 e. The number of rotatable bonds is 3. The van der Waals surface area contributed by atoms with E-state index >= 15 is 0 Å². The monoisotopic (exact) mass is 339 g/mol. The van der Waals surface area contributed by atoms with Gasteiger partial charge in [-0.2, -0.15) is 0 Å². The van der Waals surface area contributed by atoms with E-state index in [0.29, 0.717) is 6.54 Å². The molecule has 0 bridgehead atoms. The molecule has 0 saturated heterocycles. The van der Waals surface area contributed by atoms with Crippen molar-refractivity contribution in [2.75, 3.05) is 18.0 Å². The summed E-state index contributed by atoms with van der Waals surface area (Å²) in [4.78, 5) is 26.2. The molecular weight excluding hydrogens is 314 g/mol. The number of nitrogens with two attached hydrogens (primary N) is 1. The van der Waals surface area contributed by atoms with Gasteiger partial charge in [0.1, 0.15) is 0 Å². The summed E-state index contributed by atoms with van der Waals surface area (Å²) in [7, 11) is 0. The maximum absolute atomic E-state index is 12.4. The lowest BCUT2D eigenvalue weighted by atomic mass is 9.87. The first-order valence-corrected chi connectivity index (χ1v) is 7.72. The SMILES string of the molecule is CC(C)(C)[C@H](N)C(=O)NCC(=O)N1CCCc2ccccc21.Cl. The van der Waals surface area contributed by atoms with Crippen molar-refractivity contribution in [3.05, 3.63) is 29.8 Å². The van der Waals surface area contributed by atoms with Gasteiger partial charge in [-0.15, -0.1) is 12.4 Å². The lowest BCUT2D eigenvalue weighted by Gasteiger charge is -2.30. The number of hydrogen-bond acceptors (Lipinski definition) is 3.